The smallest absolute Gasteiger partial charge is 0.254 e. The summed E-state index contributed by atoms with van der Waals surface area (Å²) in [6, 6.07) is 10.0. The molecule has 9 heteroatoms. The van der Waals surface area contributed by atoms with Gasteiger partial charge in [-0.3, -0.25) is 4.79 Å². The number of carbonyl (C=O) groups is 1. The number of aliphatic hydroxyl groups is 1. The van der Waals surface area contributed by atoms with Crippen molar-refractivity contribution in [3.05, 3.63) is 76.3 Å². The summed E-state index contributed by atoms with van der Waals surface area (Å²) in [6.45, 7) is -0.380. The molecule has 1 saturated carbocycles. The number of nitrogens with zero attached hydrogens (tertiary/aromatic N) is 2. The van der Waals surface area contributed by atoms with E-state index in [0.717, 1.165) is 0 Å². The van der Waals surface area contributed by atoms with Crippen LogP contribution in [0, 0.1) is 5.82 Å². The van der Waals surface area contributed by atoms with Crippen molar-refractivity contribution in [3.8, 4) is 11.3 Å². The number of halogens is 3. The van der Waals surface area contributed by atoms with Crippen molar-refractivity contribution in [2.75, 3.05) is 12.3 Å². The number of hydrogen-bond acceptors (Lipinski definition) is 5. The monoisotopic (exact) mass is 486 g/mol. The summed E-state index contributed by atoms with van der Waals surface area (Å²) in [5, 5.41) is 12.8. The third-order valence-electron chi connectivity index (χ3n) is 6.12. The van der Waals surface area contributed by atoms with Gasteiger partial charge < -0.3 is 16.2 Å². The molecule has 0 bridgehead atoms. The fourth-order valence-corrected chi connectivity index (χ4v) is 4.41. The lowest BCUT2D eigenvalue weighted by Crippen LogP contribution is -2.31. The molecule has 6 nitrogen and oxygen atoms in total. The number of nitrogens with one attached hydrogen (secondary N) is 1. The first kappa shape index (κ1) is 24.0. The van der Waals surface area contributed by atoms with Crippen LogP contribution >= 0.6 is 11.6 Å². The molecule has 0 saturated heterocycles. The fraction of sp³-hybridized carbons (Fsp3) is 0.320. The van der Waals surface area contributed by atoms with Crippen LogP contribution in [0.15, 0.2) is 48.7 Å². The van der Waals surface area contributed by atoms with E-state index in [0.29, 0.717) is 53.2 Å². The van der Waals surface area contributed by atoms with Crippen LogP contribution in [0.5, 0.6) is 0 Å². The second-order valence-corrected chi connectivity index (χ2v) is 8.87. The number of aromatic nitrogens is 2. The molecule has 3 aromatic rings. The SMILES string of the molecule is Nc1ncc(C2CCC(F)CC2)nc1-c1ccc(C(=O)N[C@H](CO)c2cccc(Cl)c2)c(F)c1. The van der Waals surface area contributed by atoms with Crippen molar-refractivity contribution < 1.29 is 18.7 Å². The normalized spacial score (nSPS) is 18.9. The highest BCUT2D eigenvalue weighted by molar-refractivity contribution is 6.30. The van der Waals surface area contributed by atoms with Crippen molar-refractivity contribution in [2.45, 2.75) is 43.8 Å². The maximum Gasteiger partial charge on any atom is 0.254 e. The number of anilines is 1. The highest BCUT2D eigenvalue weighted by Gasteiger charge is 2.24. The van der Waals surface area contributed by atoms with Gasteiger partial charge in [-0.25, -0.2) is 18.7 Å². The Morgan fingerprint density at radius 3 is 2.65 bits per heavy atom. The number of amides is 1. The maximum absolute atomic E-state index is 15.0. The van der Waals surface area contributed by atoms with Gasteiger partial charge in [-0.15, -0.1) is 0 Å². The van der Waals surface area contributed by atoms with Gasteiger partial charge in [-0.1, -0.05) is 29.8 Å². The van der Waals surface area contributed by atoms with Crippen molar-refractivity contribution in [3.63, 3.8) is 0 Å². The van der Waals surface area contributed by atoms with E-state index in [2.05, 4.69) is 15.3 Å². The summed E-state index contributed by atoms with van der Waals surface area (Å²) in [5.41, 5.74) is 7.82. The van der Waals surface area contributed by atoms with E-state index in [-0.39, 0.29) is 23.9 Å². The predicted octanol–water partition coefficient (Wildman–Crippen LogP) is 4.98. The molecule has 1 aliphatic rings. The van der Waals surface area contributed by atoms with Crippen LogP contribution in [0.4, 0.5) is 14.6 Å². The lowest BCUT2D eigenvalue weighted by Gasteiger charge is -2.24. The molecular weight excluding hydrogens is 462 g/mol. The lowest BCUT2D eigenvalue weighted by atomic mass is 9.86. The van der Waals surface area contributed by atoms with E-state index in [1.807, 2.05) is 0 Å². The first-order valence-corrected chi connectivity index (χ1v) is 11.5. The second-order valence-electron chi connectivity index (χ2n) is 8.44. The largest absolute Gasteiger partial charge is 0.394 e. The van der Waals surface area contributed by atoms with Gasteiger partial charge in [-0.05, 0) is 55.5 Å². The third kappa shape index (κ3) is 5.34. The van der Waals surface area contributed by atoms with Gasteiger partial charge in [0.05, 0.1) is 30.1 Å². The molecule has 4 N–H and O–H groups in total. The van der Waals surface area contributed by atoms with Gasteiger partial charge in [0.15, 0.2) is 0 Å². The Morgan fingerprint density at radius 1 is 1.21 bits per heavy atom. The minimum Gasteiger partial charge on any atom is -0.394 e. The van der Waals surface area contributed by atoms with E-state index in [4.69, 9.17) is 17.3 Å². The Labute approximate surface area is 201 Å². The van der Waals surface area contributed by atoms with Crippen LogP contribution in [-0.2, 0) is 0 Å². The molecule has 1 aromatic heterocycles. The fourth-order valence-electron chi connectivity index (χ4n) is 4.21. The summed E-state index contributed by atoms with van der Waals surface area (Å²) in [6.07, 6.45) is 3.11. The minimum atomic E-state index is -0.783. The van der Waals surface area contributed by atoms with E-state index in [1.54, 1.807) is 36.5 Å². The molecule has 2 aromatic carbocycles. The Balaban J connectivity index is 1.55. The second kappa shape index (κ2) is 10.4. The highest BCUT2D eigenvalue weighted by Crippen LogP contribution is 2.35. The van der Waals surface area contributed by atoms with Crippen LogP contribution in [0.2, 0.25) is 5.02 Å². The minimum absolute atomic E-state index is 0.0793. The van der Waals surface area contributed by atoms with E-state index in [9.17, 15) is 18.7 Å². The molecule has 0 radical (unpaired) electrons. The molecule has 4 rings (SSSR count). The van der Waals surface area contributed by atoms with Crippen molar-refractivity contribution in [2.24, 2.45) is 0 Å². The number of hydrogen-bond donors (Lipinski definition) is 3. The number of carbonyl (C=O) groups excluding carboxylic acids is 1. The van der Waals surface area contributed by atoms with Crippen LogP contribution in [0.3, 0.4) is 0 Å². The Bertz CT molecular complexity index is 1190. The van der Waals surface area contributed by atoms with Crippen LogP contribution in [-0.4, -0.2) is 33.8 Å². The summed E-state index contributed by atoms with van der Waals surface area (Å²) < 4.78 is 28.5. The number of benzene rings is 2. The molecule has 1 amide bonds. The van der Waals surface area contributed by atoms with Crippen LogP contribution in [0.1, 0.15) is 59.3 Å². The van der Waals surface area contributed by atoms with Gasteiger partial charge in [0, 0.05) is 16.5 Å². The number of aliphatic hydroxyl groups excluding tert-OH is 1. The Kier molecular flexibility index (Phi) is 7.38. The molecule has 0 aliphatic heterocycles. The maximum atomic E-state index is 15.0. The first-order chi connectivity index (χ1) is 16.4. The number of nitrogen functional groups attached to an aromatic ring is 1. The number of rotatable bonds is 6. The zero-order chi connectivity index (χ0) is 24.2. The van der Waals surface area contributed by atoms with Gasteiger partial charge >= 0.3 is 0 Å². The van der Waals surface area contributed by atoms with E-state index in [1.165, 1.54) is 12.1 Å². The average Bonchev–Trinajstić information content (AvgIpc) is 2.83. The Morgan fingerprint density at radius 2 is 1.97 bits per heavy atom. The standard InChI is InChI=1S/C25H25ClF2N4O2/c26-17-3-1-2-15(10-17)22(13-33)32-25(34)19-9-6-16(11-20(19)28)23-24(29)30-12-21(31-23)14-4-7-18(27)8-5-14/h1-3,6,9-12,14,18,22,33H,4-5,7-8,13H2,(H2,29,30)(H,32,34)/t14?,18?,22-/m1/s1. The van der Waals surface area contributed by atoms with Gasteiger partial charge in [-0.2, -0.15) is 0 Å². The van der Waals surface area contributed by atoms with Gasteiger partial charge in [0.2, 0.25) is 0 Å². The summed E-state index contributed by atoms with van der Waals surface area (Å²) in [7, 11) is 0. The molecule has 1 heterocycles. The lowest BCUT2D eigenvalue weighted by molar-refractivity contribution is 0.0912. The summed E-state index contributed by atoms with van der Waals surface area (Å²) in [4.78, 5) is 21.5. The first-order valence-electron chi connectivity index (χ1n) is 11.1. The summed E-state index contributed by atoms with van der Waals surface area (Å²) >= 11 is 5.99. The molecule has 178 valence electrons. The Hall–Kier alpha value is -3.10. The quantitative estimate of drug-likeness (QED) is 0.456. The zero-order valence-corrected chi connectivity index (χ0v) is 19.1. The average molecular weight is 487 g/mol. The molecule has 1 aliphatic carbocycles. The third-order valence-corrected chi connectivity index (χ3v) is 6.36. The van der Waals surface area contributed by atoms with Crippen molar-refractivity contribution >= 4 is 23.3 Å². The number of nitrogens with two attached hydrogens (primary N) is 1. The topological polar surface area (TPSA) is 101 Å². The summed E-state index contributed by atoms with van der Waals surface area (Å²) in [5.74, 6) is -1.22. The van der Waals surface area contributed by atoms with E-state index >= 15 is 0 Å². The molecule has 0 spiro atoms. The molecule has 0 unspecified atom stereocenters. The van der Waals surface area contributed by atoms with Crippen molar-refractivity contribution in [1.82, 2.24) is 15.3 Å². The van der Waals surface area contributed by atoms with Gasteiger partial charge in [0.1, 0.15) is 23.5 Å². The van der Waals surface area contributed by atoms with Crippen LogP contribution in [0.25, 0.3) is 11.3 Å². The van der Waals surface area contributed by atoms with Gasteiger partial charge in [0.25, 0.3) is 5.91 Å². The van der Waals surface area contributed by atoms with Crippen molar-refractivity contribution in [1.29, 1.82) is 0 Å². The zero-order valence-electron chi connectivity index (χ0n) is 18.3. The predicted molar refractivity (Wildman–Crippen MR) is 127 cm³/mol. The highest BCUT2D eigenvalue weighted by atomic mass is 35.5. The molecule has 1 atom stereocenters. The van der Waals surface area contributed by atoms with Crippen LogP contribution < -0.4 is 11.1 Å². The molecule has 1 fully saturated rings. The number of alkyl halides is 1. The molecule has 34 heavy (non-hydrogen) atoms. The molecular formula is C25H25ClF2N4O2. The van der Waals surface area contributed by atoms with E-state index < -0.39 is 23.9 Å².